The molecule has 1 aliphatic rings. The number of halogens is 1. The van der Waals surface area contributed by atoms with Crippen LogP contribution in [0.25, 0.3) is 0 Å². The maximum Gasteiger partial charge on any atom is 0.242 e. The van der Waals surface area contributed by atoms with Crippen molar-refractivity contribution in [3.8, 4) is 0 Å². The Morgan fingerprint density at radius 2 is 1.72 bits per heavy atom. The number of aryl methyl sites for hydroxylation is 2. The van der Waals surface area contributed by atoms with Gasteiger partial charge in [0.05, 0.1) is 0 Å². The second kappa shape index (κ2) is 12.2. The molecule has 2 aromatic rings. The van der Waals surface area contributed by atoms with Gasteiger partial charge in [0.1, 0.15) is 6.04 Å². The zero-order valence-electron chi connectivity index (χ0n) is 19.3. The van der Waals surface area contributed by atoms with E-state index in [1.165, 1.54) is 12.0 Å². The molecule has 1 atom stereocenters. The Bertz CT molecular complexity index is 891. The van der Waals surface area contributed by atoms with E-state index in [1.807, 2.05) is 31.2 Å². The van der Waals surface area contributed by atoms with E-state index in [9.17, 15) is 9.59 Å². The van der Waals surface area contributed by atoms with Gasteiger partial charge in [0.2, 0.25) is 11.8 Å². The van der Waals surface area contributed by atoms with Crippen molar-refractivity contribution in [1.82, 2.24) is 10.2 Å². The van der Waals surface area contributed by atoms with Crippen LogP contribution in [0.3, 0.4) is 0 Å². The van der Waals surface area contributed by atoms with Gasteiger partial charge in [0.25, 0.3) is 0 Å². The van der Waals surface area contributed by atoms with Crippen LogP contribution < -0.4 is 5.32 Å². The molecule has 1 fully saturated rings. The third kappa shape index (κ3) is 7.19. The lowest BCUT2D eigenvalue weighted by Crippen LogP contribution is -2.50. The summed E-state index contributed by atoms with van der Waals surface area (Å²) in [6.07, 6.45) is 7.71. The molecule has 0 heterocycles. The first-order chi connectivity index (χ1) is 15.5. The van der Waals surface area contributed by atoms with Gasteiger partial charge in [-0.3, -0.25) is 9.59 Å². The Morgan fingerprint density at radius 1 is 1.03 bits per heavy atom. The average Bonchev–Trinajstić information content (AvgIpc) is 2.81. The lowest BCUT2D eigenvalue weighted by atomic mass is 9.95. The van der Waals surface area contributed by atoms with Crippen molar-refractivity contribution in [1.29, 1.82) is 0 Å². The van der Waals surface area contributed by atoms with E-state index in [-0.39, 0.29) is 17.9 Å². The Morgan fingerprint density at radius 3 is 2.38 bits per heavy atom. The predicted molar refractivity (Wildman–Crippen MR) is 133 cm³/mol. The van der Waals surface area contributed by atoms with Crippen LogP contribution in [0.4, 0.5) is 0 Å². The van der Waals surface area contributed by atoms with Crippen molar-refractivity contribution >= 4 is 27.7 Å². The molecule has 32 heavy (non-hydrogen) atoms. The third-order valence-electron chi connectivity index (χ3n) is 6.42. The van der Waals surface area contributed by atoms with Gasteiger partial charge in [0, 0.05) is 23.5 Å². The number of amides is 2. The molecule has 1 aliphatic carbocycles. The maximum atomic E-state index is 13.3. The highest BCUT2D eigenvalue weighted by Crippen LogP contribution is 2.20. The molecular formula is C27H35BrN2O2. The quantitative estimate of drug-likeness (QED) is 0.474. The molecule has 0 bridgehead atoms. The maximum absolute atomic E-state index is 13.3. The minimum absolute atomic E-state index is 0.0100. The van der Waals surface area contributed by atoms with Gasteiger partial charge >= 0.3 is 0 Å². The Hall–Kier alpha value is -2.14. The van der Waals surface area contributed by atoms with Gasteiger partial charge in [-0.25, -0.2) is 0 Å². The fourth-order valence-corrected chi connectivity index (χ4v) is 4.77. The monoisotopic (exact) mass is 498 g/mol. The van der Waals surface area contributed by atoms with Gasteiger partial charge in [0.15, 0.2) is 0 Å². The third-order valence-corrected chi connectivity index (χ3v) is 6.91. The van der Waals surface area contributed by atoms with Crippen molar-refractivity contribution in [2.24, 2.45) is 0 Å². The number of nitrogens with one attached hydrogen (secondary N) is 1. The Balaban J connectivity index is 1.69. The van der Waals surface area contributed by atoms with Crippen molar-refractivity contribution in [3.05, 3.63) is 69.7 Å². The first-order valence-electron chi connectivity index (χ1n) is 11.9. The number of nitrogens with zero attached hydrogens (tertiary/aromatic N) is 1. The summed E-state index contributed by atoms with van der Waals surface area (Å²) >= 11 is 3.51. The molecule has 0 saturated heterocycles. The van der Waals surface area contributed by atoms with Crippen LogP contribution in [-0.2, 0) is 29.0 Å². The van der Waals surface area contributed by atoms with Crippen LogP contribution >= 0.6 is 15.9 Å². The topological polar surface area (TPSA) is 49.4 Å². The number of hydrogen-bond acceptors (Lipinski definition) is 2. The summed E-state index contributed by atoms with van der Waals surface area (Å²) in [5.41, 5.74) is 3.46. The molecule has 2 aromatic carbocycles. The molecule has 0 aliphatic heterocycles. The zero-order valence-corrected chi connectivity index (χ0v) is 20.9. The first-order valence-corrected chi connectivity index (χ1v) is 12.7. The van der Waals surface area contributed by atoms with Crippen LogP contribution in [-0.4, -0.2) is 28.8 Å². The van der Waals surface area contributed by atoms with E-state index >= 15 is 0 Å². The van der Waals surface area contributed by atoms with Crippen molar-refractivity contribution in [2.75, 3.05) is 0 Å². The highest BCUT2D eigenvalue weighted by atomic mass is 79.9. The van der Waals surface area contributed by atoms with Crippen molar-refractivity contribution < 1.29 is 9.59 Å². The fraction of sp³-hybridized carbons (Fsp3) is 0.481. The van der Waals surface area contributed by atoms with Crippen LogP contribution in [0.2, 0.25) is 0 Å². The van der Waals surface area contributed by atoms with E-state index in [0.29, 0.717) is 19.4 Å². The molecular weight excluding hydrogens is 464 g/mol. The van der Waals surface area contributed by atoms with Gasteiger partial charge in [-0.2, -0.15) is 0 Å². The Labute approximate surface area is 200 Å². The number of carbonyl (C=O) groups is 2. The van der Waals surface area contributed by atoms with Gasteiger partial charge in [-0.05, 0) is 61.4 Å². The van der Waals surface area contributed by atoms with Gasteiger partial charge < -0.3 is 10.2 Å². The lowest BCUT2D eigenvalue weighted by Gasteiger charge is -2.31. The molecule has 1 N–H and O–H groups in total. The van der Waals surface area contributed by atoms with E-state index in [2.05, 4.69) is 52.4 Å². The van der Waals surface area contributed by atoms with Gasteiger partial charge in [-0.1, -0.05) is 78.5 Å². The number of hydrogen-bond donors (Lipinski definition) is 1. The second-order valence-electron chi connectivity index (χ2n) is 8.84. The number of rotatable bonds is 9. The molecule has 2 amide bonds. The molecule has 0 radical (unpaired) electrons. The molecule has 5 heteroatoms. The first kappa shape index (κ1) is 24.5. The SMILES string of the molecule is CCc1ccc(CCC(=O)N(Cc2cccc(Br)c2)[C@H](C)C(=O)NC2CCCCC2)cc1. The van der Waals surface area contributed by atoms with Crippen LogP contribution in [0.15, 0.2) is 53.0 Å². The molecule has 1 saturated carbocycles. The van der Waals surface area contributed by atoms with E-state index in [0.717, 1.165) is 47.7 Å². The van der Waals surface area contributed by atoms with Crippen molar-refractivity contribution in [2.45, 2.75) is 83.8 Å². The summed E-state index contributed by atoms with van der Waals surface area (Å²) in [5, 5.41) is 3.20. The van der Waals surface area contributed by atoms with E-state index < -0.39 is 6.04 Å². The molecule has 4 nitrogen and oxygen atoms in total. The molecule has 3 rings (SSSR count). The normalized spacial score (nSPS) is 15.2. The average molecular weight is 499 g/mol. The standard InChI is InChI=1S/C27H35BrN2O2/c1-3-21-12-14-22(15-13-21)16-17-26(31)30(19-23-8-7-9-24(28)18-23)20(2)27(32)29-25-10-5-4-6-11-25/h7-9,12-15,18,20,25H,3-6,10-11,16-17,19H2,1-2H3,(H,29,32)/t20-/m1/s1. The molecule has 0 unspecified atom stereocenters. The summed E-state index contributed by atoms with van der Waals surface area (Å²) in [4.78, 5) is 28.1. The summed E-state index contributed by atoms with van der Waals surface area (Å²) in [7, 11) is 0. The number of carbonyl (C=O) groups excluding carboxylic acids is 2. The lowest BCUT2D eigenvalue weighted by molar-refractivity contribution is -0.141. The fourth-order valence-electron chi connectivity index (χ4n) is 4.32. The highest BCUT2D eigenvalue weighted by Gasteiger charge is 2.28. The highest BCUT2D eigenvalue weighted by molar-refractivity contribution is 9.10. The second-order valence-corrected chi connectivity index (χ2v) is 9.76. The summed E-state index contributed by atoms with van der Waals surface area (Å²) < 4.78 is 0.970. The zero-order chi connectivity index (χ0) is 22.9. The van der Waals surface area contributed by atoms with Crippen LogP contribution in [0.1, 0.15) is 69.1 Å². The van der Waals surface area contributed by atoms with Crippen molar-refractivity contribution in [3.63, 3.8) is 0 Å². The minimum atomic E-state index is -0.508. The van der Waals surface area contributed by atoms with Gasteiger partial charge in [-0.15, -0.1) is 0 Å². The molecule has 0 spiro atoms. The summed E-state index contributed by atoms with van der Waals surface area (Å²) in [6, 6.07) is 16.1. The summed E-state index contributed by atoms with van der Waals surface area (Å²) in [5.74, 6) is -0.0385. The number of benzene rings is 2. The molecule has 172 valence electrons. The minimum Gasteiger partial charge on any atom is -0.352 e. The van der Waals surface area contributed by atoms with Crippen LogP contribution in [0, 0.1) is 0 Å². The Kier molecular flexibility index (Phi) is 9.34. The molecule has 0 aromatic heterocycles. The largest absolute Gasteiger partial charge is 0.352 e. The predicted octanol–water partition coefficient (Wildman–Crippen LogP) is 5.81. The van der Waals surface area contributed by atoms with E-state index in [1.54, 1.807) is 4.90 Å². The van der Waals surface area contributed by atoms with E-state index in [4.69, 9.17) is 0 Å². The summed E-state index contributed by atoms with van der Waals surface area (Å²) in [6.45, 7) is 4.41. The van der Waals surface area contributed by atoms with Crippen LogP contribution in [0.5, 0.6) is 0 Å². The smallest absolute Gasteiger partial charge is 0.242 e.